The number of nitrogens with zero attached hydrogens (tertiary/aromatic N) is 1. The Hall–Kier alpha value is -2.43. The molecule has 0 spiro atoms. The fraction of sp³-hybridized carbons (Fsp3) is 0.429. The lowest BCUT2D eigenvalue weighted by atomic mass is 10.2. The number of methoxy groups -OCH3 is 1. The van der Waals surface area contributed by atoms with Crippen molar-refractivity contribution in [3.05, 3.63) is 40.6 Å². The molecule has 10 heteroatoms. The summed E-state index contributed by atoms with van der Waals surface area (Å²) in [6.45, 7) is 0.483. The van der Waals surface area contributed by atoms with Gasteiger partial charge in [0.15, 0.2) is 6.61 Å². The van der Waals surface area contributed by atoms with Crippen LogP contribution in [-0.4, -0.2) is 51.4 Å². The third kappa shape index (κ3) is 6.28. The predicted octanol–water partition coefficient (Wildman–Crippen LogP) is 3.05. The van der Waals surface area contributed by atoms with E-state index in [9.17, 15) is 18.0 Å². The molecule has 1 amide bonds. The number of ether oxygens (including phenoxy) is 2. The minimum atomic E-state index is -3.75. The van der Waals surface area contributed by atoms with Gasteiger partial charge in [-0.25, -0.2) is 8.42 Å². The minimum absolute atomic E-state index is 0.00245. The molecule has 2 aromatic rings. The van der Waals surface area contributed by atoms with E-state index >= 15 is 0 Å². The Morgan fingerprint density at radius 2 is 1.94 bits per heavy atom. The van der Waals surface area contributed by atoms with E-state index in [0.29, 0.717) is 19.5 Å². The average Bonchev–Trinajstić information content (AvgIpc) is 3.30. The summed E-state index contributed by atoms with van der Waals surface area (Å²) in [6, 6.07) is 8.26. The van der Waals surface area contributed by atoms with Crippen molar-refractivity contribution < 1.29 is 27.5 Å². The number of hydrogen-bond donors (Lipinski definition) is 1. The SMILES string of the molecule is COc1ccc(NC(=O)COC(=O)CCc2cccs2)cc1S(=O)(=O)N1CCCCC1. The second-order valence-electron chi connectivity index (χ2n) is 7.12. The van der Waals surface area contributed by atoms with Crippen LogP contribution >= 0.6 is 11.3 Å². The second-order valence-corrected chi connectivity index (χ2v) is 10.1. The Morgan fingerprint density at radius 1 is 1.16 bits per heavy atom. The number of anilines is 1. The van der Waals surface area contributed by atoms with Crippen molar-refractivity contribution in [1.82, 2.24) is 4.31 Å². The summed E-state index contributed by atoms with van der Waals surface area (Å²) in [5.74, 6) is -0.800. The average molecular weight is 467 g/mol. The maximum Gasteiger partial charge on any atom is 0.306 e. The topological polar surface area (TPSA) is 102 Å². The third-order valence-electron chi connectivity index (χ3n) is 4.90. The summed E-state index contributed by atoms with van der Waals surface area (Å²) in [5, 5.41) is 4.51. The maximum atomic E-state index is 13.1. The lowest BCUT2D eigenvalue weighted by Gasteiger charge is -2.26. The Labute approximate surface area is 186 Å². The zero-order chi connectivity index (χ0) is 22.3. The fourth-order valence-electron chi connectivity index (χ4n) is 3.30. The van der Waals surface area contributed by atoms with Gasteiger partial charge in [0.05, 0.1) is 13.5 Å². The standard InChI is InChI=1S/C21H26N2O6S2/c1-28-18-9-7-16(14-19(18)31(26,27)23-11-3-2-4-12-23)22-20(24)15-29-21(25)10-8-17-6-5-13-30-17/h5-7,9,13-14H,2-4,8,10-12,15H2,1H3,(H,22,24). The molecule has 1 aliphatic heterocycles. The molecular formula is C21H26N2O6S2. The second kappa shape index (κ2) is 10.7. The number of carbonyl (C=O) groups is 2. The van der Waals surface area contributed by atoms with Crippen molar-refractivity contribution >= 4 is 38.9 Å². The van der Waals surface area contributed by atoms with Crippen LogP contribution in [0.4, 0.5) is 5.69 Å². The Kier molecular flexibility index (Phi) is 8.05. The quantitative estimate of drug-likeness (QED) is 0.570. The first-order chi connectivity index (χ1) is 14.9. The third-order valence-corrected chi connectivity index (χ3v) is 7.76. The monoisotopic (exact) mass is 466 g/mol. The zero-order valence-electron chi connectivity index (χ0n) is 17.3. The van der Waals surface area contributed by atoms with Gasteiger partial charge in [-0.05, 0) is 48.9 Å². The molecule has 1 aromatic carbocycles. The number of thiophene rings is 1. The lowest BCUT2D eigenvalue weighted by Crippen LogP contribution is -2.35. The van der Waals surface area contributed by atoms with E-state index in [4.69, 9.17) is 9.47 Å². The van der Waals surface area contributed by atoms with E-state index in [1.165, 1.54) is 23.5 Å². The van der Waals surface area contributed by atoms with E-state index in [0.717, 1.165) is 24.1 Å². The van der Waals surface area contributed by atoms with Crippen LogP contribution in [0.3, 0.4) is 0 Å². The number of aryl methyl sites for hydroxylation is 1. The first-order valence-electron chi connectivity index (χ1n) is 10.1. The molecule has 0 saturated carbocycles. The van der Waals surface area contributed by atoms with Crippen molar-refractivity contribution in [2.75, 3.05) is 32.1 Å². The Bertz CT molecular complexity index is 999. The van der Waals surface area contributed by atoms with Crippen LogP contribution in [0.15, 0.2) is 40.6 Å². The number of sulfonamides is 1. The largest absolute Gasteiger partial charge is 0.495 e. The molecule has 1 saturated heterocycles. The molecule has 0 aliphatic carbocycles. The Balaban J connectivity index is 1.60. The van der Waals surface area contributed by atoms with Gasteiger partial charge in [-0.1, -0.05) is 12.5 Å². The van der Waals surface area contributed by atoms with E-state index in [-0.39, 0.29) is 22.8 Å². The summed E-state index contributed by atoms with van der Waals surface area (Å²) in [4.78, 5) is 25.1. The summed E-state index contributed by atoms with van der Waals surface area (Å²) in [7, 11) is -2.34. The first kappa shape index (κ1) is 23.2. The number of carbonyl (C=O) groups excluding carboxylic acids is 2. The molecule has 0 radical (unpaired) electrons. The summed E-state index contributed by atoms with van der Waals surface area (Å²) in [5.41, 5.74) is 0.288. The maximum absolute atomic E-state index is 13.1. The van der Waals surface area contributed by atoms with E-state index in [2.05, 4.69) is 5.32 Å². The highest BCUT2D eigenvalue weighted by Crippen LogP contribution is 2.31. The molecular weight excluding hydrogens is 440 g/mol. The summed E-state index contributed by atoms with van der Waals surface area (Å²) in [6.07, 6.45) is 3.39. The Morgan fingerprint density at radius 3 is 2.61 bits per heavy atom. The van der Waals surface area contributed by atoms with Crippen LogP contribution < -0.4 is 10.1 Å². The lowest BCUT2D eigenvalue weighted by molar-refractivity contribution is -0.147. The summed E-state index contributed by atoms with van der Waals surface area (Å²) >= 11 is 1.56. The highest BCUT2D eigenvalue weighted by molar-refractivity contribution is 7.89. The molecule has 168 valence electrons. The first-order valence-corrected chi connectivity index (χ1v) is 12.4. The number of hydrogen-bond acceptors (Lipinski definition) is 7. The van der Waals surface area contributed by atoms with Crippen LogP contribution in [0.2, 0.25) is 0 Å². The summed E-state index contributed by atoms with van der Waals surface area (Å²) < 4.78 is 37.8. The van der Waals surface area contributed by atoms with Crippen molar-refractivity contribution in [2.45, 2.75) is 37.0 Å². The van der Waals surface area contributed by atoms with Crippen molar-refractivity contribution in [2.24, 2.45) is 0 Å². The van der Waals surface area contributed by atoms with Crippen molar-refractivity contribution in [3.8, 4) is 5.75 Å². The molecule has 3 rings (SSSR count). The molecule has 1 fully saturated rings. The van der Waals surface area contributed by atoms with E-state index in [1.807, 2.05) is 17.5 Å². The van der Waals surface area contributed by atoms with Gasteiger partial charge < -0.3 is 14.8 Å². The molecule has 2 heterocycles. The number of rotatable bonds is 9. The number of benzene rings is 1. The number of nitrogens with one attached hydrogen (secondary N) is 1. The molecule has 1 aliphatic rings. The predicted molar refractivity (Wildman–Crippen MR) is 118 cm³/mol. The van der Waals surface area contributed by atoms with E-state index < -0.39 is 28.5 Å². The molecule has 0 bridgehead atoms. The van der Waals surface area contributed by atoms with Gasteiger partial charge in [0.2, 0.25) is 10.0 Å². The number of esters is 1. The fourth-order valence-corrected chi connectivity index (χ4v) is 5.70. The smallest absolute Gasteiger partial charge is 0.306 e. The normalized spacial score (nSPS) is 14.7. The number of piperidine rings is 1. The van der Waals surface area contributed by atoms with Gasteiger partial charge in [0, 0.05) is 23.7 Å². The van der Waals surface area contributed by atoms with Crippen LogP contribution in [0.5, 0.6) is 5.75 Å². The van der Waals surface area contributed by atoms with E-state index in [1.54, 1.807) is 17.4 Å². The van der Waals surface area contributed by atoms with Gasteiger partial charge in [-0.15, -0.1) is 11.3 Å². The zero-order valence-corrected chi connectivity index (χ0v) is 19.0. The van der Waals surface area contributed by atoms with Crippen LogP contribution in [0.25, 0.3) is 0 Å². The van der Waals surface area contributed by atoms with Gasteiger partial charge in [-0.3, -0.25) is 9.59 Å². The molecule has 1 N–H and O–H groups in total. The minimum Gasteiger partial charge on any atom is -0.495 e. The highest BCUT2D eigenvalue weighted by atomic mass is 32.2. The van der Waals surface area contributed by atoms with Crippen molar-refractivity contribution in [1.29, 1.82) is 0 Å². The van der Waals surface area contributed by atoms with Gasteiger partial charge >= 0.3 is 5.97 Å². The highest BCUT2D eigenvalue weighted by Gasteiger charge is 2.29. The van der Waals surface area contributed by atoms with Crippen molar-refractivity contribution in [3.63, 3.8) is 0 Å². The molecule has 0 atom stereocenters. The van der Waals surface area contributed by atoms with Crippen LogP contribution in [0, 0.1) is 0 Å². The molecule has 0 unspecified atom stereocenters. The molecule has 1 aromatic heterocycles. The van der Waals surface area contributed by atoms with Gasteiger partial charge in [0.25, 0.3) is 5.91 Å². The van der Waals surface area contributed by atoms with Gasteiger partial charge in [0.1, 0.15) is 10.6 Å². The molecule has 31 heavy (non-hydrogen) atoms. The molecule has 8 nitrogen and oxygen atoms in total. The van der Waals surface area contributed by atoms with Crippen LogP contribution in [0.1, 0.15) is 30.6 Å². The van der Waals surface area contributed by atoms with Gasteiger partial charge in [-0.2, -0.15) is 4.31 Å². The van der Waals surface area contributed by atoms with Crippen LogP contribution in [-0.2, 0) is 30.8 Å². The number of amides is 1.